The van der Waals surface area contributed by atoms with Crippen LogP contribution in [0.4, 0.5) is 0 Å². The minimum atomic E-state index is -0.200. The average Bonchev–Trinajstić information content (AvgIpc) is 3.74. The van der Waals surface area contributed by atoms with Crippen LogP contribution in [0.3, 0.4) is 0 Å². The molecular weight excluding hydrogens is 526 g/mol. The number of thiophene rings is 1. The molecule has 0 aliphatic rings. The molecule has 6 rings (SSSR count). The number of thiazole rings is 1. The first kappa shape index (κ1) is 25.0. The van der Waals surface area contributed by atoms with Gasteiger partial charge in [-0.15, -0.1) is 16.4 Å². The van der Waals surface area contributed by atoms with E-state index in [0.29, 0.717) is 27.8 Å². The number of fused-ring (bicyclic) bond motifs is 1. The Labute approximate surface area is 233 Å². The van der Waals surface area contributed by atoms with Gasteiger partial charge in [-0.25, -0.2) is 4.68 Å². The Morgan fingerprint density at radius 2 is 1.79 bits per heavy atom. The van der Waals surface area contributed by atoms with Gasteiger partial charge in [0, 0.05) is 22.2 Å². The standard InChI is InChI=1S/C30H25N5O2S2/c1-20(2)19-37-24-12-10-21(11-13-24)28-22(18-34(33-28)23-7-4-3-5-8-23)17-26-29(36)35-30(39-26)31-27(32-35)15-14-25-9-6-16-38-25/h3-18,20H,19H2,1-2H3/b15-14+,26-17-. The summed E-state index contributed by atoms with van der Waals surface area (Å²) in [7, 11) is 0. The molecule has 7 nitrogen and oxygen atoms in total. The van der Waals surface area contributed by atoms with Crippen LogP contribution < -0.4 is 14.8 Å². The van der Waals surface area contributed by atoms with Crippen LogP contribution in [0.25, 0.3) is 40.1 Å². The lowest BCUT2D eigenvalue weighted by Gasteiger charge is -2.09. The van der Waals surface area contributed by atoms with Crippen molar-refractivity contribution >= 4 is 45.9 Å². The van der Waals surface area contributed by atoms with Gasteiger partial charge in [0.05, 0.1) is 16.8 Å². The molecule has 0 fully saturated rings. The molecule has 0 aliphatic heterocycles. The third kappa shape index (κ3) is 5.45. The van der Waals surface area contributed by atoms with Gasteiger partial charge in [0.2, 0.25) is 4.96 Å². The van der Waals surface area contributed by atoms with E-state index in [0.717, 1.165) is 33.1 Å². The summed E-state index contributed by atoms with van der Waals surface area (Å²) in [5.41, 5.74) is 3.26. The number of hydrogen-bond donors (Lipinski definition) is 0. The number of ether oxygens (including phenoxy) is 1. The summed E-state index contributed by atoms with van der Waals surface area (Å²) in [4.78, 5) is 19.5. The smallest absolute Gasteiger partial charge is 0.291 e. The zero-order valence-electron chi connectivity index (χ0n) is 21.4. The maximum atomic E-state index is 13.2. The van der Waals surface area contributed by atoms with E-state index in [1.165, 1.54) is 15.9 Å². The van der Waals surface area contributed by atoms with E-state index in [-0.39, 0.29) is 5.56 Å². The number of aromatic nitrogens is 5. The van der Waals surface area contributed by atoms with Crippen molar-refractivity contribution in [2.75, 3.05) is 6.61 Å². The lowest BCUT2D eigenvalue weighted by Crippen LogP contribution is -2.23. The fourth-order valence-corrected chi connectivity index (χ4v) is 5.53. The molecule has 39 heavy (non-hydrogen) atoms. The molecule has 4 heterocycles. The lowest BCUT2D eigenvalue weighted by molar-refractivity contribution is 0.271. The normalized spacial score (nSPS) is 12.3. The molecule has 194 valence electrons. The van der Waals surface area contributed by atoms with Crippen LogP contribution in [0.1, 0.15) is 30.1 Å². The predicted octanol–water partition coefficient (Wildman–Crippen LogP) is 5.82. The maximum absolute atomic E-state index is 13.2. The number of benzene rings is 2. The largest absolute Gasteiger partial charge is 0.493 e. The van der Waals surface area contributed by atoms with Gasteiger partial charge in [0.15, 0.2) is 5.82 Å². The van der Waals surface area contributed by atoms with Gasteiger partial charge in [-0.1, -0.05) is 49.4 Å². The number of para-hydroxylation sites is 1. The highest BCUT2D eigenvalue weighted by Crippen LogP contribution is 2.27. The first-order valence-electron chi connectivity index (χ1n) is 12.5. The fraction of sp³-hybridized carbons (Fsp3) is 0.133. The minimum Gasteiger partial charge on any atom is -0.493 e. The molecule has 2 aromatic carbocycles. The Morgan fingerprint density at radius 3 is 2.51 bits per heavy atom. The minimum absolute atomic E-state index is 0.200. The summed E-state index contributed by atoms with van der Waals surface area (Å²) in [5.74, 6) is 1.77. The maximum Gasteiger partial charge on any atom is 0.291 e. The van der Waals surface area contributed by atoms with Crippen molar-refractivity contribution in [3.8, 4) is 22.7 Å². The molecule has 0 atom stereocenters. The van der Waals surface area contributed by atoms with Crippen LogP contribution in [0.15, 0.2) is 83.1 Å². The van der Waals surface area contributed by atoms with Crippen LogP contribution in [0.5, 0.6) is 5.75 Å². The van der Waals surface area contributed by atoms with Crippen molar-refractivity contribution in [1.82, 2.24) is 24.4 Å². The number of hydrogen-bond acceptors (Lipinski definition) is 7. The molecule has 6 aromatic rings. The number of rotatable bonds is 8. The van der Waals surface area contributed by atoms with Crippen molar-refractivity contribution < 1.29 is 4.74 Å². The Kier molecular flexibility index (Phi) is 6.91. The molecule has 0 aliphatic carbocycles. The Balaban J connectivity index is 1.38. The topological polar surface area (TPSA) is 74.3 Å². The van der Waals surface area contributed by atoms with Crippen molar-refractivity contribution in [3.05, 3.63) is 109 Å². The molecule has 0 N–H and O–H groups in total. The van der Waals surface area contributed by atoms with Crippen LogP contribution in [-0.2, 0) is 0 Å². The zero-order chi connectivity index (χ0) is 26.8. The number of nitrogens with zero attached hydrogens (tertiary/aromatic N) is 5. The Morgan fingerprint density at radius 1 is 0.974 bits per heavy atom. The van der Waals surface area contributed by atoms with Gasteiger partial charge < -0.3 is 4.74 Å². The molecule has 9 heteroatoms. The van der Waals surface area contributed by atoms with E-state index in [4.69, 9.17) is 9.84 Å². The van der Waals surface area contributed by atoms with Crippen molar-refractivity contribution in [1.29, 1.82) is 0 Å². The van der Waals surface area contributed by atoms with Crippen LogP contribution in [-0.4, -0.2) is 31.0 Å². The van der Waals surface area contributed by atoms with Crippen molar-refractivity contribution in [3.63, 3.8) is 0 Å². The van der Waals surface area contributed by atoms with Gasteiger partial charge in [-0.05, 0) is 72.0 Å². The van der Waals surface area contributed by atoms with E-state index < -0.39 is 0 Å². The Bertz CT molecular complexity index is 1850. The summed E-state index contributed by atoms with van der Waals surface area (Å²) in [6.07, 6.45) is 7.59. The molecule has 0 radical (unpaired) electrons. The van der Waals surface area contributed by atoms with Gasteiger partial charge in [0.1, 0.15) is 11.4 Å². The first-order chi connectivity index (χ1) is 19.0. The monoisotopic (exact) mass is 551 g/mol. The molecule has 4 aromatic heterocycles. The summed E-state index contributed by atoms with van der Waals surface area (Å²) in [5, 5.41) is 11.3. The highest BCUT2D eigenvalue weighted by Gasteiger charge is 2.14. The van der Waals surface area contributed by atoms with E-state index in [9.17, 15) is 4.79 Å². The van der Waals surface area contributed by atoms with E-state index in [1.54, 1.807) is 11.3 Å². The SMILES string of the molecule is CC(C)COc1ccc(-c2nn(-c3ccccc3)cc2/C=c2\sc3nc(/C=C/c4cccs4)nn3c2=O)cc1. The van der Waals surface area contributed by atoms with Crippen LogP contribution >= 0.6 is 22.7 Å². The third-order valence-corrected chi connectivity index (χ3v) is 7.70. The summed E-state index contributed by atoms with van der Waals surface area (Å²) < 4.78 is 9.60. The third-order valence-electron chi connectivity index (χ3n) is 5.90. The van der Waals surface area contributed by atoms with Gasteiger partial charge in [0.25, 0.3) is 5.56 Å². The van der Waals surface area contributed by atoms with E-state index in [1.807, 2.05) is 101 Å². The first-order valence-corrected chi connectivity index (χ1v) is 14.2. The molecular formula is C30H25N5O2S2. The van der Waals surface area contributed by atoms with Crippen LogP contribution in [0.2, 0.25) is 0 Å². The molecule has 0 saturated heterocycles. The van der Waals surface area contributed by atoms with Crippen molar-refractivity contribution in [2.24, 2.45) is 5.92 Å². The predicted molar refractivity (Wildman–Crippen MR) is 158 cm³/mol. The summed E-state index contributed by atoms with van der Waals surface area (Å²) in [6, 6.07) is 21.8. The fourth-order valence-electron chi connectivity index (χ4n) is 4.01. The highest BCUT2D eigenvalue weighted by atomic mass is 32.1. The summed E-state index contributed by atoms with van der Waals surface area (Å²) >= 11 is 2.95. The van der Waals surface area contributed by atoms with Crippen molar-refractivity contribution in [2.45, 2.75) is 13.8 Å². The zero-order valence-corrected chi connectivity index (χ0v) is 23.0. The Hall–Kier alpha value is -4.34. The van der Waals surface area contributed by atoms with Gasteiger partial charge in [-0.2, -0.15) is 14.6 Å². The second-order valence-electron chi connectivity index (χ2n) is 9.37. The second kappa shape index (κ2) is 10.8. The van der Waals surface area contributed by atoms with Gasteiger partial charge >= 0.3 is 0 Å². The molecule has 0 amide bonds. The molecule has 0 spiro atoms. The van der Waals surface area contributed by atoms with E-state index in [2.05, 4.69) is 23.9 Å². The average molecular weight is 552 g/mol. The quantitative estimate of drug-likeness (QED) is 0.238. The highest BCUT2D eigenvalue weighted by molar-refractivity contribution is 7.15. The summed E-state index contributed by atoms with van der Waals surface area (Å²) in [6.45, 7) is 4.90. The lowest BCUT2D eigenvalue weighted by atomic mass is 10.1. The molecule has 0 unspecified atom stereocenters. The molecule has 0 bridgehead atoms. The van der Waals surface area contributed by atoms with Gasteiger partial charge in [-0.3, -0.25) is 4.79 Å². The second-order valence-corrected chi connectivity index (χ2v) is 11.4. The molecule has 0 saturated carbocycles. The van der Waals surface area contributed by atoms with E-state index >= 15 is 0 Å². The van der Waals surface area contributed by atoms with Crippen LogP contribution in [0, 0.1) is 5.92 Å².